The van der Waals surface area contributed by atoms with E-state index in [0.29, 0.717) is 13.2 Å². The Kier molecular flexibility index (Phi) is 31.0. The third-order valence-corrected chi connectivity index (χ3v) is 10.5. The summed E-state index contributed by atoms with van der Waals surface area (Å²) in [6.07, 6.45) is 21.5. The Labute approximate surface area is 345 Å². The molecule has 0 radical (unpaired) electrons. The van der Waals surface area contributed by atoms with Crippen molar-refractivity contribution in [1.82, 2.24) is 0 Å². The number of unbranched alkanes of at least 4 members (excludes halogenated alkanes) is 12. The minimum Gasteiger partial charge on any atom is -1.00 e. The molecule has 0 aliphatic carbocycles. The van der Waals surface area contributed by atoms with Crippen LogP contribution in [0.15, 0.2) is 48.5 Å². The van der Waals surface area contributed by atoms with E-state index in [1.165, 1.54) is 151 Å². The van der Waals surface area contributed by atoms with E-state index in [-0.39, 0.29) is 48.0 Å². The fourth-order valence-corrected chi connectivity index (χ4v) is 6.89. The van der Waals surface area contributed by atoms with Crippen molar-refractivity contribution in [3.05, 3.63) is 59.7 Å². The molecular weight excluding hydrogens is 842 g/mol. The van der Waals surface area contributed by atoms with E-state index in [0.717, 1.165) is 35.3 Å². The Bertz CT molecular complexity index is 924. The molecule has 0 fully saturated rings. The van der Waals surface area contributed by atoms with Crippen molar-refractivity contribution in [3.63, 3.8) is 0 Å². The molecule has 0 aliphatic heterocycles. The van der Waals surface area contributed by atoms with E-state index >= 15 is 0 Å². The molecule has 50 heavy (non-hydrogen) atoms. The Balaban J connectivity index is 0.0000120. The minimum absolute atomic E-state index is 0. The molecule has 0 unspecified atom stereocenters. The lowest BCUT2D eigenvalue weighted by Gasteiger charge is -2.35. The summed E-state index contributed by atoms with van der Waals surface area (Å²) < 4.78 is 14.8. The standard InChI is InChI=1S/C44H78N2O2.2HI/c1-7-11-15-19-31-45(5,32-20-16-12-8-2)35-37-47-39-41-23-27-43(28-24-41)44-29-25-42(26-30-44)40-48-38-36-46(6,33-21-17-13-9-3)34-22-18-14-10-4;;/h23-30H,7-22,31-40H2,1-6H3;2*1H/q+2;;/p-2. The first-order valence-corrected chi connectivity index (χ1v) is 20.4. The number of ether oxygens (including phenoxy) is 2. The van der Waals surface area contributed by atoms with E-state index in [1.807, 2.05) is 0 Å². The van der Waals surface area contributed by atoms with Crippen molar-refractivity contribution in [2.24, 2.45) is 0 Å². The number of likely N-dealkylation sites (N-methyl/N-ethyl adjacent to an activating group) is 2. The molecule has 0 saturated carbocycles. The third kappa shape index (κ3) is 22.7. The summed E-state index contributed by atoms with van der Waals surface area (Å²) in [7, 11) is 4.91. The largest absolute Gasteiger partial charge is 1.00 e. The van der Waals surface area contributed by atoms with Gasteiger partial charge in [-0.05, 0) is 73.6 Å². The highest BCUT2D eigenvalue weighted by atomic mass is 127. The van der Waals surface area contributed by atoms with Crippen molar-refractivity contribution < 1.29 is 66.4 Å². The van der Waals surface area contributed by atoms with Crippen LogP contribution in [0.1, 0.15) is 142 Å². The summed E-state index contributed by atoms with van der Waals surface area (Å²) in [6.45, 7) is 19.6. The first kappa shape index (κ1) is 49.7. The van der Waals surface area contributed by atoms with Gasteiger partial charge in [0.05, 0.1) is 66.7 Å². The lowest BCUT2D eigenvalue weighted by molar-refractivity contribution is -0.910. The van der Waals surface area contributed by atoms with Crippen LogP contribution in [0, 0.1) is 0 Å². The molecule has 6 heteroatoms. The molecule has 0 spiro atoms. The van der Waals surface area contributed by atoms with Gasteiger partial charge in [-0.3, -0.25) is 0 Å². The molecule has 4 nitrogen and oxygen atoms in total. The molecule has 0 amide bonds. The first-order valence-electron chi connectivity index (χ1n) is 20.4. The fourth-order valence-electron chi connectivity index (χ4n) is 6.89. The van der Waals surface area contributed by atoms with Crippen LogP contribution in [0.4, 0.5) is 0 Å². The maximum Gasteiger partial charge on any atom is 0.102 e. The smallest absolute Gasteiger partial charge is 0.102 e. The fraction of sp³-hybridized carbons (Fsp3) is 0.727. The van der Waals surface area contributed by atoms with E-state index in [9.17, 15) is 0 Å². The summed E-state index contributed by atoms with van der Waals surface area (Å²) in [6, 6.07) is 17.9. The first-order chi connectivity index (χ1) is 23.4. The van der Waals surface area contributed by atoms with E-state index in [2.05, 4.69) is 90.3 Å². The van der Waals surface area contributed by atoms with Crippen LogP contribution < -0.4 is 48.0 Å². The Hall–Kier alpha value is -0.260. The van der Waals surface area contributed by atoms with Gasteiger partial charge in [0.25, 0.3) is 0 Å². The van der Waals surface area contributed by atoms with E-state index in [4.69, 9.17) is 9.47 Å². The van der Waals surface area contributed by atoms with Gasteiger partial charge in [-0.1, -0.05) is 128 Å². The molecule has 0 heterocycles. The summed E-state index contributed by atoms with van der Waals surface area (Å²) >= 11 is 0. The number of rotatable bonds is 31. The Morgan fingerprint density at radius 1 is 0.380 bits per heavy atom. The van der Waals surface area contributed by atoms with Gasteiger partial charge in [-0.2, -0.15) is 0 Å². The highest BCUT2D eigenvalue weighted by Crippen LogP contribution is 2.22. The quantitative estimate of drug-likeness (QED) is 0.0558. The summed E-state index contributed by atoms with van der Waals surface area (Å²) in [4.78, 5) is 0. The molecule has 0 N–H and O–H groups in total. The van der Waals surface area contributed by atoms with Crippen molar-refractivity contribution in [2.75, 3.05) is 66.6 Å². The molecule has 0 aromatic heterocycles. The van der Waals surface area contributed by atoms with Gasteiger partial charge in [0.2, 0.25) is 0 Å². The van der Waals surface area contributed by atoms with Crippen molar-refractivity contribution in [1.29, 1.82) is 0 Å². The molecule has 0 aliphatic rings. The minimum atomic E-state index is 0. The normalized spacial score (nSPS) is 11.7. The summed E-state index contributed by atoms with van der Waals surface area (Å²) in [5, 5.41) is 0. The predicted molar refractivity (Wildman–Crippen MR) is 209 cm³/mol. The van der Waals surface area contributed by atoms with Crippen molar-refractivity contribution >= 4 is 0 Å². The highest BCUT2D eigenvalue weighted by Gasteiger charge is 2.21. The molecule has 2 aromatic rings. The second-order valence-electron chi connectivity index (χ2n) is 15.3. The molecule has 290 valence electrons. The number of hydrogen-bond acceptors (Lipinski definition) is 2. The van der Waals surface area contributed by atoms with Crippen LogP contribution in [0.3, 0.4) is 0 Å². The van der Waals surface area contributed by atoms with Crippen LogP contribution in [-0.4, -0.2) is 75.5 Å². The topological polar surface area (TPSA) is 18.5 Å². The monoisotopic (exact) mass is 920 g/mol. The molecule has 0 atom stereocenters. The third-order valence-electron chi connectivity index (χ3n) is 10.5. The number of halogens is 2. The van der Waals surface area contributed by atoms with E-state index in [1.54, 1.807) is 0 Å². The molecule has 2 rings (SSSR count). The van der Waals surface area contributed by atoms with Gasteiger partial charge in [0.15, 0.2) is 0 Å². The maximum atomic E-state index is 6.23. The summed E-state index contributed by atoms with van der Waals surface area (Å²) in [5.41, 5.74) is 5.03. The van der Waals surface area contributed by atoms with Crippen LogP contribution >= 0.6 is 0 Å². The highest BCUT2D eigenvalue weighted by molar-refractivity contribution is 5.63. The van der Waals surface area contributed by atoms with Gasteiger partial charge in [0.1, 0.15) is 13.1 Å². The second kappa shape index (κ2) is 31.1. The van der Waals surface area contributed by atoms with Crippen LogP contribution in [-0.2, 0) is 22.7 Å². The van der Waals surface area contributed by atoms with E-state index < -0.39 is 0 Å². The van der Waals surface area contributed by atoms with Gasteiger partial charge < -0.3 is 66.4 Å². The number of benzene rings is 2. The SMILES string of the molecule is CCCCCC[N+](C)(CCCCCC)CCOCc1ccc(-c2ccc(COCC[N+](C)(CCCCCC)CCCCCC)cc2)cc1.[I-].[I-]. The number of hydrogen-bond donors (Lipinski definition) is 0. The number of nitrogens with zero attached hydrogens (tertiary/aromatic N) is 2. The van der Waals surface area contributed by atoms with Gasteiger partial charge in [-0.15, -0.1) is 0 Å². The lowest BCUT2D eigenvalue weighted by atomic mass is 10.0. The van der Waals surface area contributed by atoms with Crippen LogP contribution in [0.25, 0.3) is 11.1 Å². The van der Waals surface area contributed by atoms with Crippen molar-refractivity contribution in [3.8, 4) is 11.1 Å². The van der Waals surface area contributed by atoms with Gasteiger partial charge in [-0.25, -0.2) is 0 Å². The Morgan fingerprint density at radius 3 is 0.920 bits per heavy atom. The zero-order valence-electron chi connectivity index (χ0n) is 33.5. The average molecular weight is 921 g/mol. The second-order valence-corrected chi connectivity index (χ2v) is 15.3. The maximum absolute atomic E-state index is 6.23. The average Bonchev–Trinajstić information content (AvgIpc) is 3.10. The van der Waals surface area contributed by atoms with Gasteiger partial charge in [0, 0.05) is 0 Å². The van der Waals surface area contributed by atoms with Gasteiger partial charge >= 0.3 is 0 Å². The molecular formula is C44H78I2N2O2. The van der Waals surface area contributed by atoms with Crippen LogP contribution in [0.5, 0.6) is 0 Å². The Morgan fingerprint density at radius 2 is 0.660 bits per heavy atom. The van der Waals surface area contributed by atoms with Crippen molar-refractivity contribution in [2.45, 2.75) is 144 Å². The number of quaternary nitrogens is 2. The molecule has 0 saturated heterocycles. The summed E-state index contributed by atoms with van der Waals surface area (Å²) in [5.74, 6) is 0. The van der Waals surface area contributed by atoms with Crippen LogP contribution in [0.2, 0.25) is 0 Å². The zero-order valence-corrected chi connectivity index (χ0v) is 37.8. The lowest BCUT2D eigenvalue weighted by Crippen LogP contribution is -3.00. The zero-order chi connectivity index (χ0) is 34.8. The molecule has 2 aromatic carbocycles. The predicted octanol–water partition coefficient (Wildman–Crippen LogP) is 5.61. The molecule has 0 bridgehead atoms.